The summed E-state index contributed by atoms with van der Waals surface area (Å²) in [6.45, 7) is 1.82. The van der Waals surface area contributed by atoms with Crippen molar-refractivity contribution in [2.24, 2.45) is 29.6 Å². The third-order valence-corrected chi connectivity index (χ3v) is 10.1. The van der Waals surface area contributed by atoms with Crippen LogP contribution in [0.2, 0.25) is 0 Å². The van der Waals surface area contributed by atoms with Crippen molar-refractivity contribution in [2.75, 3.05) is 0 Å². The van der Waals surface area contributed by atoms with Gasteiger partial charge in [-0.3, -0.25) is 0 Å². The van der Waals surface area contributed by atoms with Gasteiger partial charge in [-0.2, -0.15) is 0 Å². The molecule has 0 N–H and O–H groups in total. The molecule has 36 heavy (non-hydrogen) atoms. The van der Waals surface area contributed by atoms with Gasteiger partial charge in [0.1, 0.15) is 23.6 Å². The Bertz CT molecular complexity index is 941. The predicted octanol–water partition coefficient (Wildman–Crippen LogP) is 10.2. The van der Waals surface area contributed by atoms with Crippen LogP contribution in [0.15, 0.2) is 30.1 Å². The molecular weight excluding hydrogens is 460 g/mol. The lowest BCUT2D eigenvalue weighted by molar-refractivity contribution is 0.152. The van der Waals surface area contributed by atoms with Crippen molar-refractivity contribution in [2.45, 2.75) is 109 Å². The molecule has 0 bridgehead atoms. The number of halogens is 4. The summed E-state index contributed by atoms with van der Waals surface area (Å²) < 4.78 is 59.4. The van der Waals surface area contributed by atoms with Crippen molar-refractivity contribution < 1.29 is 17.6 Å². The van der Waals surface area contributed by atoms with Gasteiger partial charge in [0.25, 0.3) is 0 Å². The first kappa shape index (κ1) is 26.0. The Labute approximate surface area is 214 Å². The first-order chi connectivity index (χ1) is 17.4. The summed E-state index contributed by atoms with van der Waals surface area (Å²) in [5.74, 6) is 0.0508. The summed E-state index contributed by atoms with van der Waals surface area (Å²) in [6.07, 6.45) is 16.3. The molecule has 0 aliphatic heterocycles. The van der Waals surface area contributed by atoms with Gasteiger partial charge in [-0.1, -0.05) is 45.1 Å². The molecule has 0 spiro atoms. The number of alkyl halides is 1. The fourth-order valence-corrected chi connectivity index (χ4v) is 7.91. The van der Waals surface area contributed by atoms with E-state index in [0.717, 1.165) is 30.2 Å². The molecule has 198 valence electrons. The van der Waals surface area contributed by atoms with E-state index in [0.29, 0.717) is 37.7 Å². The molecule has 4 aliphatic rings. The van der Waals surface area contributed by atoms with Crippen molar-refractivity contribution in [1.82, 2.24) is 0 Å². The maximum atomic E-state index is 15.3. The van der Waals surface area contributed by atoms with Crippen LogP contribution >= 0.6 is 0 Å². The molecule has 5 rings (SSSR count). The van der Waals surface area contributed by atoms with E-state index in [1.165, 1.54) is 44.9 Å². The highest BCUT2D eigenvalue weighted by atomic mass is 19.1. The molecule has 0 saturated heterocycles. The van der Waals surface area contributed by atoms with Gasteiger partial charge in [-0.25, -0.2) is 17.6 Å². The monoisotopic (exact) mass is 502 g/mol. The highest BCUT2D eigenvalue weighted by Gasteiger charge is 2.36. The molecule has 4 aliphatic carbocycles. The van der Waals surface area contributed by atoms with Crippen LogP contribution in [0.1, 0.15) is 114 Å². The minimum Gasteiger partial charge on any atom is -0.247 e. The third-order valence-electron chi connectivity index (χ3n) is 10.1. The van der Waals surface area contributed by atoms with E-state index in [9.17, 15) is 8.78 Å². The first-order valence-electron chi connectivity index (χ1n) is 14.6. The van der Waals surface area contributed by atoms with Gasteiger partial charge < -0.3 is 0 Å². The minimum atomic E-state index is -1.14. The lowest BCUT2D eigenvalue weighted by Gasteiger charge is -2.36. The van der Waals surface area contributed by atoms with E-state index >= 15 is 8.78 Å². The van der Waals surface area contributed by atoms with Gasteiger partial charge >= 0.3 is 0 Å². The van der Waals surface area contributed by atoms with Gasteiger partial charge in [0.05, 0.1) is 0 Å². The summed E-state index contributed by atoms with van der Waals surface area (Å²) in [7, 11) is 0. The molecule has 0 heterocycles. The van der Waals surface area contributed by atoms with Crippen molar-refractivity contribution in [1.29, 1.82) is 0 Å². The van der Waals surface area contributed by atoms with Crippen LogP contribution < -0.4 is 0 Å². The topological polar surface area (TPSA) is 0 Å². The summed E-state index contributed by atoms with van der Waals surface area (Å²) in [5, 5.41) is 0. The molecule has 0 radical (unpaired) electrons. The molecule has 0 aromatic heterocycles. The van der Waals surface area contributed by atoms with Crippen molar-refractivity contribution in [3.05, 3.63) is 52.9 Å². The third kappa shape index (κ3) is 5.48. The summed E-state index contributed by atoms with van der Waals surface area (Å²) in [4.78, 5) is 0. The first-order valence-corrected chi connectivity index (χ1v) is 14.6. The Balaban J connectivity index is 1.23. The second kappa shape index (κ2) is 11.4. The minimum absolute atomic E-state index is 0.105. The average molecular weight is 503 g/mol. The average Bonchev–Trinajstić information content (AvgIpc) is 2.89. The maximum Gasteiger partial charge on any atom is 0.133 e. The molecule has 4 atom stereocenters. The van der Waals surface area contributed by atoms with Gasteiger partial charge in [-0.05, 0) is 117 Å². The van der Waals surface area contributed by atoms with Crippen LogP contribution in [0, 0.1) is 41.2 Å². The lowest BCUT2D eigenvalue weighted by Crippen LogP contribution is -2.29. The summed E-state index contributed by atoms with van der Waals surface area (Å²) in [6, 6.07) is 3.16. The van der Waals surface area contributed by atoms with Crippen LogP contribution in [0.3, 0.4) is 0 Å². The predicted molar refractivity (Wildman–Crippen MR) is 139 cm³/mol. The quantitative estimate of drug-likeness (QED) is 0.351. The van der Waals surface area contributed by atoms with Crippen LogP contribution in [0.25, 0.3) is 5.57 Å². The van der Waals surface area contributed by atoms with Gasteiger partial charge in [0.2, 0.25) is 0 Å². The Morgan fingerprint density at radius 2 is 1.47 bits per heavy atom. The molecule has 0 nitrogen and oxygen atoms in total. The molecule has 2 saturated carbocycles. The Hall–Kier alpha value is -1.58. The smallest absolute Gasteiger partial charge is 0.133 e. The van der Waals surface area contributed by atoms with Crippen LogP contribution in [0.4, 0.5) is 17.6 Å². The van der Waals surface area contributed by atoms with Crippen molar-refractivity contribution in [3.8, 4) is 0 Å². The largest absolute Gasteiger partial charge is 0.247 e. The molecule has 2 fully saturated rings. The van der Waals surface area contributed by atoms with E-state index in [-0.39, 0.29) is 29.1 Å². The number of benzene rings is 1. The van der Waals surface area contributed by atoms with Crippen LogP contribution in [-0.4, -0.2) is 6.17 Å². The lowest BCUT2D eigenvalue weighted by atomic mass is 9.70. The van der Waals surface area contributed by atoms with Crippen molar-refractivity contribution in [3.63, 3.8) is 0 Å². The van der Waals surface area contributed by atoms with Crippen LogP contribution in [-0.2, 0) is 0 Å². The van der Waals surface area contributed by atoms with E-state index < -0.39 is 23.7 Å². The highest BCUT2D eigenvalue weighted by Crippen LogP contribution is 2.45. The number of rotatable bonds is 5. The van der Waals surface area contributed by atoms with E-state index in [1.807, 2.05) is 13.0 Å². The van der Waals surface area contributed by atoms with E-state index in [1.54, 1.807) is 18.2 Å². The maximum absolute atomic E-state index is 15.3. The summed E-state index contributed by atoms with van der Waals surface area (Å²) in [5.41, 5.74) is 1.62. The Morgan fingerprint density at radius 1 is 0.806 bits per heavy atom. The van der Waals surface area contributed by atoms with Crippen molar-refractivity contribution >= 4 is 5.57 Å². The second-order valence-corrected chi connectivity index (χ2v) is 12.1. The number of allylic oxidation sites excluding steroid dienone is 4. The molecule has 1 aromatic carbocycles. The fraction of sp³-hybridized carbons (Fsp3) is 0.688. The van der Waals surface area contributed by atoms with Gasteiger partial charge in [-0.15, -0.1) is 0 Å². The molecular formula is C32H42F4. The zero-order valence-corrected chi connectivity index (χ0v) is 21.8. The van der Waals surface area contributed by atoms with Gasteiger partial charge in [0.15, 0.2) is 0 Å². The fourth-order valence-electron chi connectivity index (χ4n) is 7.91. The molecule has 1 aromatic rings. The van der Waals surface area contributed by atoms with E-state index in [4.69, 9.17) is 0 Å². The molecule has 4 heteroatoms. The number of hydrogen-bond donors (Lipinski definition) is 0. The SMILES string of the molecule is CCC1C(F)=CC(C2CC=C(c3c(F)cc(C4CCC(C5CCCCC5)CC4)cc3F)CC2)CC1F. The Kier molecular flexibility index (Phi) is 8.27. The Morgan fingerprint density at radius 3 is 2.06 bits per heavy atom. The van der Waals surface area contributed by atoms with E-state index in [2.05, 4.69) is 0 Å². The zero-order valence-electron chi connectivity index (χ0n) is 21.8. The zero-order chi connectivity index (χ0) is 25.2. The van der Waals surface area contributed by atoms with Crippen LogP contribution in [0.5, 0.6) is 0 Å². The highest BCUT2D eigenvalue weighted by molar-refractivity contribution is 5.67. The standard InChI is InChI=1S/C32H42F4/c1-2-27-28(33)16-25(17-29(27)34)23-12-14-24(15-13-23)32-30(35)18-26(19-31(32)36)22-10-8-21(9-11-22)20-6-4-3-5-7-20/h14,16,18-23,25,27,29H,2-13,15,17H2,1H3. The normalized spacial score (nSPS) is 34.2. The molecule has 4 unspecified atom stereocenters. The second-order valence-electron chi connectivity index (χ2n) is 12.1. The number of hydrogen-bond acceptors (Lipinski definition) is 0. The summed E-state index contributed by atoms with van der Waals surface area (Å²) >= 11 is 0. The van der Waals surface area contributed by atoms with Gasteiger partial charge in [0, 0.05) is 11.5 Å². The molecule has 0 amide bonds.